The van der Waals surface area contributed by atoms with E-state index >= 15 is 0 Å². The maximum Gasteiger partial charge on any atom is 0.356 e. The summed E-state index contributed by atoms with van der Waals surface area (Å²) >= 11 is 0. The van der Waals surface area contributed by atoms with Gasteiger partial charge in [-0.05, 0) is 0 Å². The number of rotatable bonds is 7. The molecule has 4 amide bonds. The first-order valence-corrected chi connectivity index (χ1v) is 5.79. The molecule has 1 rings (SSSR count). The molecule has 0 aliphatic carbocycles. The average Bonchev–Trinajstić information content (AvgIpc) is 2.83. The highest BCUT2D eigenvalue weighted by Crippen LogP contribution is 1.95. The topological polar surface area (TPSA) is 151 Å². The van der Waals surface area contributed by atoms with Crippen LogP contribution >= 0.6 is 0 Å². The first-order chi connectivity index (χ1) is 9.49. The molecule has 0 saturated heterocycles. The number of carbonyl (C=O) groups excluding carboxylic acids is 2. The maximum atomic E-state index is 11.3. The van der Waals surface area contributed by atoms with Crippen LogP contribution < -0.4 is 21.7 Å². The number of urea groups is 2. The SMILES string of the molecule is NC(=O)NCCNC(=O)NCCn1cnc(C(=O)O)c1. The van der Waals surface area contributed by atoms with Gasteiger partial charge in [0.2, 0.25) is 0 Å². The minimum absolute atomic E-state index is 0.0491. The molecule has 0 atom stereocenters. The lowest BCUT2D eigenvalue weighted by atomic mass is 10.5. The van der Waals surface area contributed by atoms with Crippen molar-refractivity contribution in [1.82, 2.24) is 25.5 Å². The van der Waals surface area contributed by atoms with Crippen LogP contribution in [0.4, 0.5) is 9.59 Å². The second kappa shape index (κ2) is 7.61. The number of primary amides is 1. The summed E-state index contributed by atoms with van der Waals surface area (Å²) in [6.07, 6.45) is 2.75. The number of carboxylic acid groups (broad SMARTS) is 1. The van der Waals surface area contributed by atoms with E-state index in [0.29, 0.717) is 13.1 Å². The Balaban J connectivity index is 2.15. The van der Waals surface area contributed by atoms with Crippen molar-refractivity contribution in [3.8, 4) is 0 Å². The fourth-order valence-corrected chi connectivity index (χ4v) is 1.32. The molecule has 0 bridgehead atoms. The number of hydrogen-bond donors (Lipinski definition) is 5. The Bertz CT molecular complexity index is 486. The Morgan fingerprint density at radius 3 is 2.45 bits per heavy atom. The van der Waals surface area contributed by atoms with Crippen molar-refractivity contribution in [1.29, 1.82) is 0 Å². The van der Waals surface area contributed by atoms with Crippen molar-refractivity contribution in [2.45, 2.75) is 6.54 Å². The van der Waals surface area contributed by atoms with Crippen molar-refractivity contribution >= 4 is 18.0 Å². The minimum atomic E-state index is -1.10. The number of amides is 4. The molecule has 1 aromatic heterocycles. The number of carbonyl (C=O) groups is 3. The van der Waals surface area contributed by atoms with E-state index in [4.69, 9.17) is 10.8 Å². The van der Waals surface area contributed by atoms with Gasteiger partial charge >= 0.3 is 18.0 Å². The highest BCUT2D eigenvalue weighted by molar-refractivity contribution is 5.84. The molecule has 1 heterocycles. The van der Waals surface area contributed by atoms with Crippen LogP contribution in [0.5, 0.6) is 0 Å². The number of hydrogen-bond acceptors (Lipinski definition) is 4. The monoisotopic (exact) mass is 284 g/mol. The molecule has 0 radical (unpaired) electrons. The first-order valence-electron chi connectivity index (χ1n) is 5.79. The Morgan fingerprint density at radius 2 is 1.85 bits per heavy atom. The van der Waals surface area contributed by atoms with Crippen LogP contribution in [-0.4, -0.2) is 52.3 Å². The fraction of sp³-hybridized carbons (Fsp3) is 0.400. The molecule has 1 aromatic rings. The summed E-state index contributed by atoms with van der Waals surface area (Å²) < 4.78 is 1.55. The smallest absolute Gasteiger partial charge is 0.356 e. The van der Waals surface area contributed by atoms with E-state index in [1.807, 2.05) is 0 Å². The fourth-order valence-electron chi connectivity index (χ4n) is 1.32. The molecule has 0 saturated carbocycles. The Kier molecular flexibility index (Phi) is 5.81. The second-order valence-corrected chi connectivity index (χ2v) is 3.78. The van der Waals surface area contributed by atoms with Crippen LogP contribution in [-0.2, 0) is 6.54 Å². The molecule has 0 aliphatic rings. The van der Waals surface area contributed by atoms with Gasteiger partial charge in [0.1, 0.15) is 0 Å². The number of nitrogens with zero attached hydrogens (tertiary/aromatic N) is 2. The summed E-state index contributed by atoms with van der Waals surface area (Å²) in [6, 6.07) is -1.05. The number of nitrogens with two attached hydrogens (primary N) is 1. The van der Waals surface area contributed by atoms with Gasteiger partial charge in [-0.2, -0.15) is 0 Å². The lowest BCUT2D eigenvalue weighted by Gasteiger charge is -2.08. The van der Waals surface area contributed by atoms with Crippen LogP contribution in [0.25, 0.3) is 0 Å². The van der Waals surface area contributed by atoms with E-state index in [1.165, 1.54) is 12.5 Å². The zero-order chi connectivity index (χ0) is 15.0. The van der Waals surface area contributed by atoms with Gasteiger partial charge in [0.15, 0.2) is 5.69 Å². The number of imidazole rings is 1. The minimum Gasteiger partial charge on any atom is -0.476 e. The molecule has 0 fully saturated rings. The molecular formula is C10H16N6O4. The van der Waals surface area contributed by atoms with E-state index in [1.54, 1.807) is 4.57 Å². The first kappa shape index (κ1) is 15.3. The molecule has 0 spiro atoms. The van der Waals surface area contributed by atoms with E-state index in [9.17, 15) is 14.4 Å². The molecule has 10 heteroatoms. The number of aromatic carboxylic acids is 1. The summed E-state index contributed by atoms with van der Waals surface area (Å²) in [5.74, 6) is -1.10. The van der Waals surface area contributed by atoms with Crippen molar-refractivity contribution in [2.24, 2.45) is 5.73 Å². The zero-order valence-corrected chi connectivity index (χ0v) is 10.6. The Labute approximate surface area is 114 Å². The molecule has 0 aromatic carbocycles. The summed E-state index contributed by atoms with van der Waals surface area (Å²) in [4.78, 5) is 35.9. The maximum absolute atomic E-state index is 11.3. The zero-order valence-electron chi connectivity index (χ0n) is 10.6. The lowest BCUT2D eigenvalue weighted by molar-refractivity contribution is 0.0691. The largest absolute Gasteiger partial charge is 0.476 e. The highest BCUT2D eigenvalue weighted by Gasteiger charge is 2.06. The van der Waals surface area contributed by atoms with E-state index in [-0.39, 0.29) is 18.8 Å². The molecule has 6 N–H and O–H groups in total. The molecule has 10 nitrogen and oxygen atoms in total. The van der Waals surface area contributed by atoms with Gasteiger partial charge in [0.25, 0.3) is 0 Å². The summed E-state index contributed by atoms with van der Waals surface area (Å²) in [5.41, 5.74) is 4.80. The third kappa shape index (κ3) is 5.71. The van der Waals surface area contributed by atoms with Crippen LogP contribution in [0.15, 0.2) is 12.5 Å². The molecule has 0 aliphatic heterocycles. The van der Waals surface area contributed by atoms with Crippen LogP contribution in [0.3, 0.4) is 0 Å². The second-order valence-electron chi connectivity index (χ2n) is 3.78. The van der Waals surface area contributed by atoms with E-state index in [2.05, 4.69) is 20.9 Å². The third-order valence-electron chi connectivity index (χ3n) is 2.22. The van der Waals surface area contributed by atoms with Gasteiger partial charge in [0.05, 0.1) is 6.33 Å². The molecule has 20 heavy (non-hydrogen) atoms. The number of aromatic nitrogens is 2. The summed E-state index contributed by atoms with van der Waals surface area (Å²) in [5, 5.41) is 16.1. The van der Waals surface area contributed by atoms with Crippen molar-refractivity contribution in [2.75, 3.05) is 19.6 Å². The van der Waals surface area contributed by atoms with Gasteiger partial charge in [-0.25, -0.2) is 19.4 Å². The third-order valence-corrected chi connectivity index (χ3v) is 2.22. The molecule has 110 valence electrons. The number of nitrogens with one attached hydrogen (secondary N) is 3. The standard InChI is InChI=1S/C10H16N6O4/c11-9(19)12-1-2-13-10(20)14-3-4-16-5-7(8(17)18)15-6-16/h5-6H,1-4H2,(H,17,18)(H3,11,12,19)(H2,13,14,20). The van der Waals surface area contributed by atoms with Crippen molar-refractivity contribution in [3.63, 3.8) is 0 Å². The molecule has 0 unspecified atom stereocenters. The normalized spacial score (nSPS) is 9.80. The Morgan fingerprint density at radius 1 is 1.20 bits per heavy atom. The number of carboxylic acids is 1. The van der Waals surface area contributed by atoms with Gasteiger partial charge in [-0.15, -0.1) is 0 Å². The van der Waals surface area contributed by atoms with Crippen LogP contribution in [0.2, 0.25) is 0 Å². The van der Waals surface area contributed by atoms with Crippen molar-refractivity contribution < 1.29 is 19.5 Å². The van der Waals surface area contributed by atoms with Gasteiger partial charge in [-0.3, -0.25) is 0 Å². The van der Waals surface area contributed by atoms with Crippen LogP contribution in [0, 0.1) is 0 Å². The van der Waals surface area contributed by atoms with E-state index < -0.39 is 18.0 Å². The molecular weight excluding hydrogens is 268 g/mol. The van der Waals surface area contributed by atoms with Crippen molar-refractivity contribution in [3.05, 3.63) is 18.2 Å². The summed E-state index contributed by atoms with van der Waals surface area (Å²) in [6.45, 7) is 1.20. The summed E-state index contributed by atoms with van der Waals surface area (Å²) in [7, 11) is 0. The van der Waals surface area contributed by atoms with Gasteiger partial charge in [-0.1, -0.05) is 0 Å². The Hall–Kier alpha value is -2.78. The highest BCUT2D eigenvalue weighted by atomic mass is 16.4. The predicted octanol–water partition coefficient (Wildman–Crippen LogP) is -1.45. The lowest BCUT2D eigenvalue weighted by Crippen LogP contribution is -2.42. The van der Waals surface area contributed by atoms with Gasteiger partial charge < -0.3 is 31.4 Å². The quantitative estimate of drug-likeness (QED) is 0.388. The average molecular weight is 284 g/mol. The predicted molar refractivity (Wildman–Crippen MR) is 68.2 cm³/mol. The van der Waals surface area contributed by atoms with E-state index in [0.717, 1.165) is 0 Å². The van der Waals surface area contributed by atoms with Gasteiger partial charge in [0, 0.05) is 32.4 Å². The van der Waals surface area contributed by atoms with Crippen LogP contribution in [0.1, 0.15) is 10.5 Å².